The first-order valence-electron chi connectivity index (χ1n) is 7.69. The van der Waals surface area contributed by atoms with E-state index in [1.165, 1.54) is 0 Å². The van der Waals surface area contributed by atoms with Crippen molar-refractivity contribution < 1.29 is 9.47 Å². The molecule has 3 aromatic rings. The Bertz CT molecular complexity index is 997. The van der Waals surface area contributed by atoms with Crippen molar-refractivity contribution in [2.24, 2.45) is 0 Å². The number of hydrogen-bond donors (Lipinski definition) is 0. The summed E-state index contributed by atoms with van der Waals surface area (Å²) in [4.78, 5) is 0. The van der Waals surface area contributed by atoms with Crippen LogP contribution in [0.1, 0.15) is 11.1 Å². The zero-order valence-corrected chi connectivity index (χ0v) is 15.5. The minimum atomic E-state index is 0.593. The molecule has 25 heavy (non-hydrogen) atoms. The van der Waals surface area contributed by atoms with E-state index in [4.69, 9.17) is 9.47 Å². The molecule has 0 N–H and O–H groups in total. The molecule has 0 saturated carbocycles. The standard InChI is InChI=1S/C21H16BrNO2/c1-24-20-12-14(11-19(22)21(20)25-2)10-16(13-23)18-9-5-7-15-6-3-4-8-17(15)18/h3-12H,1-2H3/b16-10-. The van der Waals surface area contributed by atoms with Crippen LogP contribution in [0.15, 0.2) is 59.1 Å². The van der Waals surface area contributed by atoms with Gasteiger partial charge in [-0.15, -0.1) is 0 Å². The largest absolute Gasteiger partial charge is 0.493 e. The van der Waals surface area contributed by atoms with Crippen LogP contribution < -0.4 is 9.47 Å². The maximum atomic E-state index is 9.71. The molecule has 0 amide bonds. The fraction of sp³-hybridized carbons (Fsp3) is 0.0952. The lowest BCUT2D eigenvalue weighted by atomic mass is 9.97. The van der Waals surface area contributed by atoms with Crippen LogP contribution in [0.4, 0.5) is 0 Å². The zero-order valence-electron chi connectivity index (χ0n) is 13.9. The number of rotatable bonds is 4. The number of fused-ring (bicyclic) bond motifs is 1. The van der Waals surface area contributed by atoms with E-state index in [0.29, 0.717) is 17.1 Å². The molecule has 0 bridgehead atoms. The topological polar surface area (TPSA) is 42.2 Å². The smallest absolute Gasteiger partial charge is 0.174 e. The predicted octanol–water partition coefficient (Wildman–Crippen LogP) is 5.68. The molecule has 0 unspecified atom stereocenters. The molecule has 0 radical (unpaired) electrons. The summed E-state index contributed by atoms with van der Waals surface area (Å²) >= 11 is 3.49. The third kappa shape index (κ3) is 3.38. The van der Waals surface area contributed by atoms with Crippen LogP contribution in [0, 0.1) is 11.3 Å². The van der Waals surface area contributed by atoms with E-state index in [1.54, 1.807) is 14.2 Å². The molecule has 0 aromatic heterocycles. The summed E-state index contributed by atoms with van der Waals surface area (Å²) in [6, 6.07) is 20.1. The van der Waals surface area contributed by atoms with Gasteiger partial charge in [0, 0.05) is 5.56 Å². The Labute approximate surface area is 155 Å². The third-order valence-corrected chi connectivity index (χ3v) is 4.56. The van der Waals surface area contributed by atoms with Gasteiger partial charge in [-0.25, -0.2) is 0 Å². The zero-order chi connectivity index (χ0) is 17.8. The van der Waals surface area contributed by atoms with Crippen LogP contribution in [-0.2, 0) is 0 Å². The van der Waals surface area contributed by atoms with E-state index in [9.17, 15) is 5.26 Å². The molecule has 0 heterocycles. The number of allylic oxidation sites excluding steroid dienone is 1. The lowest BCUT2D eigenvalue weighted by molar-refractivity contribution is 0.353. The molecule has 3 aromatic carbocycles. The molecule has 0 atom stereocenters. The van der Waals surface area contributed by atoms with E-state index >= 15 is 0 Å². The Hall–Kier alpha value is -2.77. The first kappa shape index (κ1) is 17.1. The number of methoxy groups -OCH3 is 2. The van der Waals surface area contributed by atoms with Crippen LogP contribution in [0.25, 0.3) is 22.4 Å². The molecule has 0 aliphatic rings. The highest BCUT2D eigenvalue weighted by molar-refractivity contribution is 9.10. The van der Waals surface area contributed by atoms with Gasteiger partial charge in [0.2, 0.25) is 0 Å². The fourth-order valence-electron chi connectivity index (χ4n) is 2.82. The second-order valence-electron chi connectivity index (χ2n) is 5.43. The van der Waals surface area contributed by atoms with Gasteiger partial charge < -0.3 is 9.47 Å². The highest BCUT2D eigenvalue weighted by Crippen LogP contribution is 2.37. The van der Waals surface area contributed by atoms with Crippen molar-refractivity contribution >= 4 is 38.4 Å². The van der Waals surface area contributed by atoms with Crippen LogP contribution in [-0.4, -0.2) is 14.2 Å². The van der Waals surface area contributed by atoms with Crippen LogP contribution in [0.2, 0.25) is 0 Å². The molecule has 0 spiro atoms. The maximum absolute atomic E-state index is 9.71. The molecule has 0 fully saturated rings. The Morgan fingerprint density at radius 3 is 2.52 bits per heavy atom. The van der Waals surface area contributed by atoms with Gasteiger partial charge in [0.05, 0.1) is 30.3 Å². The monoisotopic (exact) mass is 393 g/mol. The van der Waals surface area contributed by atoms with Crippen LogP contribution >= 0.6 is 15.9 Å². The molecule has 0 aliphatic heterocycles. The van der Waals surface area contributed by atoms with Gasteiger partial charge in [-0.1, -0.05) is 42.5 Å². The maximum Gasteiger partial charge on any atom is 0.174 e. The van der Waals surface area contributed by atoms with Gasteiger partial charge in [0.1, 0.15) is 0 Å². The van der Waals surface area contributed by atoms with Crippen molar-refractivity contribution in [1.29, 1.82) is 5.26 Å². The van der Waals surface area contributed by atoms with Crippen LogP contribution in [0.3, 0.4) is 0 Å². The van der Waals surface area contributed by atoms with Gasteiger partial charge in [-0.2, -0.15) is 5.26 Å². The molecule has 3 nitrogen and oxygen atoms in total. The summed E-state index contributed by atoms with van der Waals surface area (Å²) < 4.78 is 11.5. The van der Waals surface area contributed by atoms with E-state index in [2.05, 4.69) is 22.0 Å². The average Bonchev–Trinajstić information content (AvgIpc) is 2.65. The Kier molecular flexibility index (Phi) is 5.06. The van der Waals surface area contributed by atoms with Gasteiger partial charge >= 0.3 is 0 Å². The van der Waals surface area contributed by atoms with Gasteiger partial charge in [-0.3, -0.25) is 0 Å². The third-order valence-electron chi connectivity index (χ3n) is 3.97. The molecule has 4 heteroatoms. The number of hydrogen-bond acceptors (Lipinski definition) is 3. The van der Waals surface area contributed by atoms with Crippen molar-refractivity contribution in [2.75, 3.05) is 14.2 Å². The summed E-state index contributed by atoms with van der Waals surface area (Å²) in [5.41, 5.74) is 2.36. The van der Waals surface area contributed by atoms with Gasteiger partial charge in [0.15, 0.2) is 11.5 Å². The summed E-state index contributed by atoms with van der Waals surface area (Å²) in [6.07, 6.45) is 1.86. The minimum absolute atomic E-state index is 0.593. The molecule has 3 rings (SSSR count). The van der Waals surface area contributed by atoms with E-state index in [0.717, 1.165) is 26.4 Å². The number of halogens is 1. The Balaban J connectivity index is 2.16. The van der Waals surface area contributed by atoms with Gasteiger partial charge in [0.25, 0.3) is 0 Å². The van der Waals surface area contributed by atoms with Crippen molar-refractivity contribution in [2.45, 2.75) is 0 Å². The highest BCUT2D eigenvalue weighted by atomic mass is 79.9. The second kappa shape index (κ2) is 7.42. The summed E-state index contributed by atoms with van der Waals surface area (Å²) in [7, 11) is 3.18. The van der Waals surface area contributed by atoms with E-state index in [-0.39, 0.29) is 0 Å². The van der Waals surface area contributed by atoms with Crippen LogP contribution in [0.5, 0.6) is 11.5 Å². The first-order chi connectivity index (χ1) is 12.2. The van der Waals surface area contributed by atoms with Crippen molar-refractivity contribution in [3.05, 3.63) is 70.2 Å². The summed E-state index contributed by atoms with van der Waals surface area (Å²) in [5.74, 6) is 1.24. The Morgan fingerprint density at radius 1 is 1.04 bits per heavy atom. The minimum Gasteiger partial charge on any atom is -0.493 e. The lowest BCUT2D eigenvalue weighted by Crippen LogP contribution is -1.93. The summed E-state index contributed by atoms with van der Waals surface area (Å²) in [5, 5.41) is 11.9. The van der Waals surface area contributed by atoms with Crippen molar-refractivity contribution in [3.8, 4) is 17.6 Å². The van der Waals surface area contributed by atoms with E-state index < -0.39 is 0 Å². The number of nitrogens with zero attached hydrogens (tertiary/aromatic N) is 1. The molecule has 124 valence electrons. The number of benzene rings is 3. The summed E-state index contributed by atoms with van der Waals surface area (Å²) in [6.45, 7) is 0. The quantitative estimate of drug-likeness (QED) is 0.422. The van der Waals surface area contributed by atoms with E-state index in [1.807, 2.05) is 60.7 Å². The Morgan fingerprint density at radius 2 is 1.80 bits per heavy atom. The van der Waals surface area contributed by atoms with Crippen molar-refractivity contribution in [3.63, 3.8) is 0 Å². The predicted molar refractivity (Wildman–Crippen MR) is 105 cm³/mol. The SMILES string of the molecule is COc1cc(/C=C(/C#N)c2cccc3ccccc23)cc(Br)c1OC. The molecule has 0 saturated heterocycles. The van der Waals surface area contributed by atoms with Gasteiger partial charge in [-0.05, 0) is 50.5 Å². The molecule has 0 aliphatic carbocycles. The van der Waals surface area contributed by atoms with Crippen molar-refractivity contribution in [1.82, 2.24) is 0 Å². The number of ether oxygens (including phenoxy) is 2. The fourth-order valence-corrected chi connectivity index (χ4v) is 3.44. The number of nitriles is 1. The lowest BCUT2D eigenvalue weighted by Gasteiger charge is -2.11. The molecular weight excluding hydrogens is 378 g/mol. The first-order valence-corrected chi connectivity index (χ1v) is 8.48. The normalized spacial score (nSPS) is 11.2. The highest BCUT2D eigenvalue weighted by Gasteiger charge is 2.11. The molecular formula is C21H16BrNO2. The average molecular weight is 394 g/mol. The second-order valence-corrected chi connectivity index (χ2v) is 6.29.